The van der Waals surface area contributed by atoms with Crippen LogP contribution in [0.15, 0.2) is 18.2 Å². The first-order valence-electron chi connectivity index (χ1n) is 8.06. The largest absolute Gasteiger partial charge is 0.325 e. The van der Waals surface area contributed by atoms with E-state index in [-0.39, 0.29) is 0 Å². The van der Waals surface area contributed by atoms with Crippen LogP contribution in [-0.2, 0) is 4.79 Å². The van der Waals surface area contributed by atoms with E-state index >= 15 is 0 Å². The van der Waals surface area contributed by atoms with E-state index < -0.39 is 47.0 Å². The van der Waals surface area contributed by atoms with Crippen molar-refractivity contribution in [3.05, 3.63) is 35.4 Å². The number of nitrogens with one attached hydrogen (secondary N) is 1. The lowest BCUT2D eigenvalue weighted by Gasteiger charge is -2.24. The summed E-state index contributed by atoms with van der Waals surface area (Å²) >= 11 is 0. The Morgan fingerprint density at radius 2 is 1.67 bits per heavy atom. The number of carbonyl (C=O) groups is 3. The second kappa shape index (κ2) is 6.30. The number of amides is 3. The normalized spacial score (nSPS) is 20.2. The molecule has 1 aliphatic heterocycles. The highest BCUT2D eigenvalue weighted by atomic mass is 19.1. The highest BCUT2D eigenvalue weighted by Gasteiger charge is 2.51. The minimum absolute atomic E-state index is 0.473. The first-order valence-corrected chi connectivity index (χ1v) is 8.06. The van der Waals surface area contributed by atoms with Crippen molar-refractivity contribution < 1.29 is 23.2 Å². The average molecular weight is 336 g/mol. The maximum atomic E-state index is 13.7. The van der Waals surface area contributed by atoms with Crippen molar-refractivity contribution in [2.45, 2.75) is 44.1 Å². The highest BCUT2D eigenvalue weighted by Crippen LogP contribution is 2.32. The number of hydrogen-bond acceptors (Lipinski definition) is 3. The molecular weight excluding hydrogens is 318 g/mol. The van der Waals surface area contributed by atoms with Crippen LogP contribution in [0.3, 0.4) is 0 Å². The summed E-state index contributed by atoms with van der Waals surface area (Å²) in [4.78, 5) is 37.8. The number of Topliss-reactive ketones (excluding diaryl/α,β-unsaturated/α-hetero) is 1. The van der Waals surface area contributed by atoms with Crippen LogP contribution < -0.4 is 5.32 Å². The molecule has 3 rings (SSSR count). The first-order chi connectivity index (χ1) is 11.4. The fourth-order valence-corrected chi connectivity index (χ4v) is 3.48. The molecule has 2 fully saturated rings. The van der Waals surface area contributed by atoms with Gasteiger partial charge in [0, 0.05) is 0 Å². The van der Waals surface area contributed by atoms with Gasteiger partial charge < -0.3 is 5.32 Å². The fourth-order valence-electron chi connectivity index (χ4n) is 3.48. The first kappa shape index (κ1) is 16.5. The van der Waals surface area contributed by atoms with Gasteiger partial charge in [-0.3, -0.25) is 14.5 Å². The molecule has 0 aromatic heterocycles. The molecule has 1 aromatic carbocycles. The van der Waals surface area contributed by atoms with E-state index in [1.54, 1.807) is 0 Å². The molecule has 0 unspecified atom stereocenters. The second-order valence-electron chi connectivity index (χ2n) is 6.34. The van der Waals surface area contributed by atoms with E-state index in [0.29, 0.717) is 12.8 Å². The number of urea groups is 1. The van der Waals surface area contributed by atoms with Gasteiger partial charge in [-0.1, -0.05) is 31.7 Å². The fraction of sp³-hybridized carbons (Fsp3) is 0.471. The monoisotopic (exact) mass is 336 g/mol. The third-order valence-corrected chi connectivity index (χ3v) is 4.75. The Labute approximate surface area is 138 Å². The molecule has 5 nitrogen and oxygen atoms in total. The quantitative estimate of drug-likeness (QED) is 0.682. The van der Waals surface area contributed by atoms with E-state index in [9.17, 15) is 23.2 Å². The van der Waals surface area contributed by atoms with E-state index in [0.717, 1.165) is 48.8 Å². The van der Waals surface area contributed by atoms with Gasteiger partial charge in [-0.15, -0.1) is 0 Å². The molecule has 1 spiro atoms. The third-order valence-electron chi connectivity index (χ3n) is 4.75. The molecule has 2 aliphatic rings. The van der Waals surface area contributed by atoms with Gasteiger partial charge in [0.15, 0.2) is 5.78 Å². The molecule has 1 N–H and O–H groups in total. The van der Waals surface area contributed by atoms with Crippen LogP contribution in [0.25, 0.3) is 0 Å². The van der Waals surface area contributed by atoms with Crippen LogP contribution in [0.2, 0.25) is 0 Å². The van der Waals surface area contributed by atoms with E-state index in [4.69, 9.17) is 0 Å². The van der Waals surface area contributed by atoms with Crippen molar-refractivity contribution in [1.82, 2.24) is 10.2 Å². The number of benzene rings is 1. The molecule has 24 heavy (non-hydrogen) atoms. The second-order valence-corrected chi connectivity index (χ2v) is 6.34. The summed E-state index contributed by atoms with van der Waals surface area (Å²) in [6.07, 6.45) is 4.66. The maximum Gasteiger partial charge on any atom is 0.325 e. The number of halogens is 2. The molecule has 1 aromatic rings. The summed E-state index contributed by atoms with van der Waals surface area (Å²) in [5, 5.41) is 2.69. The molecule has 1 saturated carbocycles. The van der Waals surface area contributed by atoms with Gasteiger partial charge in [-0.25, -0.2) is 13.6 Å². The van der Waals surface area contributed by atoms with Crippen LogP contribution >= 0.6 is 0 Å². The molecular formula is C17H18F2N2O3. The number of imide groups is 1. The van der Waals surface area contributed by atoms with Crippen LogP contribution in [-0.4, -0.2) is 34.7 Å². The average Bonchev–Trinajstić information content (AvgIpc) is 2.71. The van der Waals surface area contributed by atoms with Gasteiger partial charge in [0.25, 0.3) is 5.91 Å². The van der Waals surface area contributed by atoms with E-state index in [1.807, 2.05) is 0 Å². The van der Waals surface area contributed by atoms with Crippen LogP contribution in [0.1, 0.15) is 48.9 Å². The summed E-state index contributed by atoms with van der Waals surface area (Å²) in [6.45, 7) is -0.662. The van der Waals surface area contributed by atoms with E-state index in [1.165, 1.54) is 0 Å². The Bertz CT molecular complexity index is 677. The molecule has 0 bridgehead atoms. The number of rotatable bonds is 3. The molecule has 128 valence electrons. The van der Waals surface area contributed by atoms with E-state index in [2.05, 4.69) is 5.32 Å². The predicted octanol–water partition coefficient (Wildman–Crippen LogP) is 2.79. The number of ketones is 1. The van der Waals surface area contributed by atoms with Crippen molar-refractivity contribution in [2.24, 2.45) is 0 Å². The Hall–Kier alpha value is -2.31. The summed E-state index contributed by atoms with van der Waals surface area (Å²) in [7, 11) is 0. The van der Waals surface area contributed by atoms with Gasteiger partial charge in [-0.2, -0.15) is 0 Å². The Morgan fingerprint density at radius 1 is 1.08 bits per heavy atom. The predicted molar refractivity (Wildman–Crippen MR) is 81.4 cm³/mol. The SMILES string of the molecule is O=C(CN1C(=O)NC2(CCCCCC2)C1=O)c1c(F)cccc1F. The van der Waals surface area contributed by atoms with Crippen LogP contribution in [0.5, 0.6) is 0 Å². The topological polar surface area (TPSA) is 66.5 Å². The van der Waals surface area contributed by atoms with Gasteiger partial charge >= 0.3 is 6.03 Å². The van der Waals surface area contributed by atoms with Gasteiger partial charge in [-0.05, 0) is 25.0 Å². The van der Waals surface area contributed by atoms with Crippen molar-refractivity contribution in [3.63, 3.8) is 0 Å². The summed E-state index contributed by atoms with van der Waals surface area (Å²) in [5.41, 5.74) is -1.69. The Kier molecular flexibility index (Phi) is 4.34. The lowest BCUT2D eigenvalue weighted by atomic mass is 9.90. The zero-order valence-electron chi connectivity index (χ0n) is 13.1. The summed E-state index contributed by atoms with van der Waals surface area (Å²) in [5.74, 6) is -3.41. The highest BCUT2D eigenvalue weighted by molar-refractivity contribution is 6.11. The van der Waals surface area contributed by atoms with Gasteiger partial charge in [0.05, 0.1) is 12.1 Å². The van der Waals surface area contributed by atoms with Crippen molar-refractivity contribution >= 4 is 17.7 Å². The summed E-state index contributed by atoms with van der Waals surface area (Å²) < 4.78 is 27.4. The zero-order chi connectivity index (χ0) is 17.3. The minimum Gasteiger partial charge on any atom is -0.323 e. The molecule has 0 radical (unpaired) electrons. The lowest BCUT2D eigenvalue weighted by Crippen LogP contribution is -2.46. The maximum absolute atomic E-state index is 13.7. The third kappa shape index (κ3) is 2.79. The number of carbonyl (C=O) groups excluding carboxylic acids is 3. The van der Waals surface area contributed by atoms with Crippen LogP contribution in [0, 0.1) is 11.6 Å². The molecule has 3 amide bonds. The number of hydrogen-bond donors (Lipinski definition) is 1. The summed E-state index contributed by atoms with van der Waals surface area (Å²) in [6, 6.07) is 2.41. The number of nitrogens with zero attached hydrogens (tertiary/aromatic N) is 1. The Morgan fingerprint density at radius 3 is 2.25 bits per heavy atom. The lowest BCUT2D eigenvalue weighted by molar-refractivity contribution is -0.131. The standard InChI is InChI=1S/C17H18F2N2O3/c18-11-6-5-7-12(19)14(11)13(22)10-21-15(23)17(20-16(21)24)8-3-1-2-4-9-17/h5-7H,1-4,8-10H2,(H,20,24). The molecule has 7 heteroatoms. The van der Waals surface area contributed by atoms with Gasteiger partial charge in [0.2, 0.25) is 0 Å². The van der Waals surface area contributed by atoms with Crippen LogP contribution in [0.4, 0.5) is 13.6 Å². The van der Waals surface area contributed by atoms with Crippen molar-refractivity contribution in [2.75, 3.05) is 6.54 Å². The van der Waals surface area contributed by atoms with Crippen molar-refractivity contribution in [3.8, 4) is 0 Å². The molecule has 1 heterocycles. The zero-order valence-corrected chi connectivity index (χ0v) is 13.1. The molecule has 0 atom stereocenters. The van der Waals surface area contributed by atoms with Gasteiger partial charge in [0.1, 0.15) is 17.2 Å². The smallest absolute Gasteiger partial charge is 0.323 e. The molecule has 1 aliphatic carbocycles. The minimum atomic E-state index is -1.00. The molecule has 1 saturated heterocycles. The van der Waals surface area contributed by atoms with Crippen molar-refractivity contribution in [1.29, 1.82) is 0 Å². The Balaban J connectivity index is 1.81.